The van der Waals surface area contributed by atoms with Crippen molar-refractivity contribution in [3.05, 3.63) is 83.7 Å². The summed E-state index contributed by atoms with van der Waals surface area (Å²) in [7, 11) is 4.26. The zero-order valence-electron chi connectivity index (χ0n) is 20.7. The highest BCUT2D eigenvalue weighted by molar-refractivity contribution is 5.97. The van der Waals surface area contributed by atoms with E-state index < -0.39 is 11.6 Å². The topological polar surface area (TPSA) is 73.0 Å². The summed E-state index contributed by atoms with van der Waals surface area (Å²) in [6, 6.07) is 16.2. The first-order valence-corrected chi connectivity index (χ1v) is 12.3. The van der Waals surface area contributed by atoms with Gasteiger partial charge in [-0.2, -0.15) is 5.10 Å². The summed E-state index contributed by atoms with van der Waals surface area (Å²) < 4.78 is 27.3. The minimum Gasteiger partial charge on any atom is -0.370 e. The molecule has 0 bridgehead atoms. The molecule has 1 unspecified atom stereocenters. The Hall–Kier alpha value is -4.11. The van der Waals surface area contributed by atoms with E-state index in [1.165, 1.54) is 12.1 Å². The van der Waals surface area contributed by atoms with E-state index in [-0.39, 0.29) is 0 Å². The van der Waals surface area contributed by atoms with E-state index in [4.69, 9.17) is 0 Å². The summed E-state index contributed by atoms with van der Waals surface area (Å²) in [5.41, 5.74) is 4.35. The van der Waals surface area contributed by atoms with Crippen LogP contribution in [-0.4, -0.2) is 58.3 Å². The summed E-state index contributed by atoms with van der Waals surface area (Å²) in [5, 5.41) is 12.6. The molecule has 6 rings (SSSR count). The second-order valence-electron chi connectivity index (χ2n) is 9.81. The number of hydrogen-bond donors (Lipinski definition) is 2. The number of benzene rings is 3. The molecule has 2 N–H and O–H groups in total. The van der Waals surface area contributed by atoms with Crippen molar-refractivity contribution in [3.63, 3.8) is 0 Å². The molecular weight excluding hydrogens is 472 g/mol. The van der Waals surface area contributed by atoms with Gasteiger partial charge in [0.25, 0.3) is 0 Å². The fraction of sp³-hybridized carbons (Fsp3) is 0.250. The molecule has 3 heterocycles. The maximum absolute atomic E-state index is 13.6. The van der Waals surface area contributed by atoms with Gasteiger partial charge in [0.05, 0.1) is 11.0 Å². The third-order valence-corrected chi connectivity index (χ3v) is 7.07. The third kappa shape index (κ3) is 4.70. The zero-order valence-corrected chi connectivity index (χ0v) is 20.7. The lowest BCUT2D eigenvalue weighted by atomic mass is 10.0. The number of aromatic nitrogens is 4. The van der Waals surface area contributed by atoms with Gasteiger partial charge in [0.15, 0.2) is 5.82 Å². The highest BCUT2D eigenvalue weighted by atomic mass is 19.1. The van der Waals surface area contributed by atoms with Crippen LogP contribution in [0.5, 0.6) is 0 Å². The monoisotopic (exact) mass is 499 g/mol. The molecule has 0 spiro atoms. The average Bonchev–Trinajstić information content (AvgIpc) is 3.51. The van der Waals surface area contributed by atoms with Crippen molar-refractivity contribution >= 4 is 39.1 Å². The molecule has 3 aromatic carbocycles. The highest BCUT2D eigenvalue weighted by Crippen LogP contribution is 2.31. The molecule has 5 aromatic rings. The molecule has 0 amide bonds. The van der Waals surface area contributed by atoms with Crippen molar-refractivity contribution in [1.29, 1.82) is 0 Å². The fourth-order valence-electron chi connectivity index (χ4n) is 5.07. The summed E-state index contributed by atoms with van der Waals surface area (Å²) >= 11 is 0. The van der Waals surface area contributed by atoms with Gasteiger partial charge in [-0.3, -0.25) is 5.10 Å². The van der Waals surface area contributed by atoms with Crippen LogP contribution in [0.15, 0.2) is 60.9 Å². The van der Waals surface area contributed by atoms with Gasteiger partial charge in [0, 0.05) is 41.7 Å². The molecule has 0 saturated carbocycles. The lowest BCUT2D eigenvalue weighted by molar-refractivity contribution is 0.315. The lowest BCUT2D eigenvalue weighted by Gasteiger charge is -2.22. The smallest absolute Gasteiger partial charge is 0.161 e. The van der Waals surface area contributed by atoms with E-state index in [2.05, 4.69) is 67.6 Å². The van der Waals surface area contributed by atoms with E-state index in [1.54, 1.807) is 6.33 Å². The van der Waals surface area contributed by atoms with Gasteiger partial charge in [-0.15, -0.1) is 0 Å². The number of fused-ring (bicyclic) bond motifs is 2. The number of aromatic amines is 1. The van der Waals surface area contributed by atoms with Crippen LogP contribution in [0.25, 0.3) is 21.8 Å². The SMILES string of the molecule is CN(C)C1CCN(c2ccc3c(Nc4n[nH]c5ccc(Cc6cc(F)cc(F)c6)cc45)ncnc3c2)C1. The number of hydrogen-bond acceptors (Lipinski definition) is 6. The van der Waals surface area contributed by atoms with Crippen molar-refractivity contribution in [1.82, 2.24) is 25.1 Å². The van der Waals surface area contributed by atoms with E-state index in [9.17, 15) is 8.78 Å². The number of H-pyrrole nitrogens is 1. The Morgan fingerprint density at radius 3 is 2.57 bits per heavy atom. The van der Waals surface area contributed by atoms with Crippen molar-refractivity contribution in [2.24, 2.45) is 0 Å². The Balaban J connectivity index is 1.28. The third-order valence-electron chi connectivity index (χ3n) is 7.07. The number of anilines is 3. The van der Waals surface area contributed by atoms with Crippen LogP contribution in [0, 0.1) is 11.6 Å². The van der Waals surface area contributed by atoms with Gasteiger partial charge < -0.3 is 15.1 Å². The maximum atomic E-state index is 13.6. The van der Waals surface area contributed by atoms with Crippen LogP contribution >= 0.6 is 0 Å². The molecule has 37 heavy (non-hydrogen) atoms. The van der Waals surface area contributed by atoms with Crippen LogP contribution in [0.1, 0.15) is 17.5 Å². The Labute approximate surface area is 213 Å². The van der Waals surface area contributed by atoms with Crippen molar-refractivity contribution in [2.75, 3.05) is 37.4 Å². The number of rotatable bonds is 6. The number of nitrogens with zero attached hydrogens (tertiary/aromatic N) is 5. The van der Waals surface area contributed by atoms with E-state index in [0.29, 0.717) is 29.7 Å². The van der Waals surface area contributed by atoms with E-state index in [0.717, 1.165) is 58.6 Å². The molecule has 2 aromatic heterocycles. The molecule has 1 fully saturated rings. The minimum absolute atomic E-state index is 0.402. The molecule has 0 aliphatic carbocycles. The van der Waals surface area contributed by atoms with Gasteiger partial charge in [-0.05, 0) is 80.5 Å². The minimum atomic E-state index is -0.581. The number of halogens is 2. The molecule has 0 radical (unpaired) electrons. The largest absolute Gasteiger partial charge is 0.370 e. The average molecular weight is 500 g/mol. The molecule has 9 heteroatoms. The quantitative estimate of drug-likeness (QED) is 0.332. The van der Waals surface area contributed by atoms with Gasteiger partial charge in [-0.25, -0.2) is 18.7 Å². The lowest BCUT2D eigenvalue weighted by Crippen LogP contribution is -2.31. The van der Waals surface area contributed by atoms with E-state index >= 15 is 0 Å². The molecular formula is C28H27F2N7. The van der Waals surface area contributed by atoms with Crippen LogP contribution in [-0.2, 0) is 6.42 Å². The predicted molar refractivity (Wildman–Crippen MR) is 142 cm³/mol. The zero-order chi connectivity index (χ0) is 25.5. The fourth-order valence-corrected chi connectivity index (χ4v) is 5.07. The summed E-state index contributed by atoms with van der Waals surface area (Å²) in [6.45, 7) is 2.02. The Kier molecular flexibility index (Phi) is 5.92. The second kappa shape index (κ2) is 9.40. The van der Waals surface area contributed by atoms with E-state index in [1.807, 2.05) is 18.2 Å². The summed E-state index contributed by atoms with van der Waals surface area (Å²) in [5.74, 6) is 0.125. The number of nitrogens with one attached hydrogen (secondary N) is 2. The first kappa shape index (κ1) is 23.3. The first-order valence-electron chi connectivity index (χ1n) is 12.3. The van der Waals surface area contributed by atoms with Crippen LogP contribution in [0.3, 0.4) is 0 Å². The van der Waals surface area contributed by atoms with Crippen LogP contribution in [0.2, 0.25) is 0 Å². The van der Waals surface area contributed by atoms with Crippen molar-refractivity contribution < 1.29 is 8.78 Å². The Morgan fingerprint density at radius 1 is 0.946 bits per heavy atom. The first-order chi connectivity index (χ1) is 17.9. The van der Waals surface area contributed by atoms with Crippen molar-refractivity contribution in [2.45, 2.75) is 18.9 Å². The highest BCUT2D eigenvalue weighted by Gasteiger charge is 2.24. The Bertz CT molecular complexity index is 1580. The maximum Gasteiger partial charge on any atom is 0.161 e. The number of likely N-dealkylation sites (N-methyl/N-ethyl adjacent to an activating group) is 1. The van der Waals surface area contributed by atoms with Gasteiger partial charge in [0.1, 0.15) is 23.8 Å². The molecule has 7 nitrogen and oxygen atoms in total. The van der Waals surface area contributed by atoms with Crippen molar-refractivity contribution in [3.8, 4) is 0 Å². The second-order valence-corrected chi connectivity index (χ2v) is 9.81. The summed E-state index contributed by atoms with van der Waals surface area (Å²) in [4.78, 5) is 13.7. The van der Waals surface area contributed by atoms with Crippen LogP contribution in [0.4, 0.5) is 26.1 Å². The van der Waals surface area contributed by atoms with Crippen LogP contribution < -0.4 is 10.2 Å². The molecule has 1 aliphatic rings. The van der Waals surface area contributed by atoms with Gasteiger partial charge >= 0.3 is 0 Å². The van der Waals surface area contributed by atoms with Gasteiger partial charge in [0.2, 0.25) is 0 Å². The van der Waals surface area contributed by atoms with Gasteiger partial charge in [-0.1, -0.05) is 6.07 Å². The molecule has 1 atom stereocenters. The molecule has 1 aliphatic heterocycles. The predicted octanol–water partition coefficient (Wildman–Crippen LogP) is 5.26. The Morgan fingerprint density at radius 2 is 1.78 bits per heavy atom. The molecule has 1 saturated heterocycles. The standard InChI is InChI=1S/C28H27F2N7/c1-36(2)22-7-8-37(15-22)21-4-5-23-26(14-21)31-16-32-27(23)33-28-24-12-17(3-6-25(24)34-35-28)9-18-10-19(29)13-20(30)11-18/h3-6,10-14,16,22H,7-9,15H2,1-2H3,(H2,31,32,33,34,35). The summed E-state index contributed by atoms with van der Waals surface area (Å²) in [6.07, 6.45) is 3.10. The normalized spacial score (nSPS) is 15.8. The molecule has 188 valence electrons.